The zero-order chi connectivity index (χ0) is 13.0. The van der Waals surface area contributed by atoms with Crippen molar-refractivity contribution in [2.75, 3.05) is 6.54 Å². The molecule has 0 aliphatic carbocycles. The average Bonchev–Trinajstić information content (AvgIpc) is 2.75. The summed E-state index contributed by atoms with van der Waals surface area (Å²) in [6.07, 6.45) is 2.46. The van der Waals surface area contributed by atoms with Gasteiger partial charge in [-0.2, -0.15) is 0 Å². The Hall–Kier alpha value is -1.75. The zero-order valence-corrected chi connectivity index (χ0v) is 10.6. The molecule has 0 aliphatic rings. The lowest BCUT2D eigenvalue weighted by Gasteiger charge is -2.17. The largest absolute Gasteiger partial charge is 0.309 e. The summed E-state index contributed by atoms with van der Waals surface area (Å²) in [6.45, 7) is 2.88. The Labute approximate surface area is 106 Å². The van der Waals surface area contributed by atoms with Crippen molar-refractivity contribution in [1.82, 2.24) is 20.3 Å². The van der Waals surface area contributed by atoms with E-state index in [9.17, 15) is 4.39 Å². The zero-order valence-electron chi connectivity index (χ0n) is 10.6. The van der Waals surface area contributed by atoms with Gasteiger partial charge < -0.3 is 5.32 Å². The molecule has 0 amide bonds. The molecule has 96 valence electrons. The molecule has 0 saturated heterocycles. The van der Waals surface area contributed by atoms with Gasteiger partial charge in [0, 0.05) is 7.05 Å². The molecular formula is C13H17FN4. The molecule has 2 rings (SSSR count). The van der Waals surface area contributed by atoms with Gasteiger partial charge in [-0.3, -0.25) is 4.68 Å². The molecule has 1 N–H and O–H groups in total. The van der Waals surface area contributed by atoms with Crippen molar-refractivity contribution in [3.8, 4) is 0 Å². The molecule has 2 aromatic rings. The van der Waals surface area contributed by atoms with Gasteiger partial charge in [0.15, 0.2) is 0 Å². The van der Waals surface area contributed by atoms with Gasteiger partial charge in [-0.1, -0.05) is 24.3 Å². The van der Waals surface area contributed by atoms with Crippen LogP contribution in [0, 0.1) is 5.82 Å². The third-order valence-electron chi connectivity index (χ3n) is 2.89. The van der Waals surface area contributed by atoms with E-state index < -0.39 is 0 Å². The van der Waals surface area contributed by atoms with Gasteiger partial charge in [0.2, 0.25) is 0 Å². The van der Waals surface area contributed by atoms with Gasteiger partial charge in [-0.25, -0.2) is 4.39 Å². The molecule has 5 heteroatoms. The number of nitrogens with zero attached hydrogens (tertiary/aromatic N) is 3. The highest BCUT2D eigenvalue weighted by Gasteiger charge is 2.15. The van der Waals surface area contributed by atoms with E-state index in [1.165, 1.54) is 6.07 Å². The summed E-state index contributed by atoms with van der Waals surface area (Å²) in [6, 6.07) is 6.77. The standard InChI is InChI=1S/C13H17FN4/c1-3-15-12(13-9-16-17-18(13)2)8-10-5-4-6-11(14)7-10/h4-7,9,12,15H,3,8H2,1-2H3. The Balaban J connectivity index is 2.19. The molecule has 0 radical (unpaired) electrons. The van der Waals surface area contributed by atoms with E-state index in [-0.39, 0.29) is 11.9 Å². The molecule has 0 spiro atoms. The quantitative estimate of drug-likeness (QED) is 0.878. The smallest absolute Gasteiger partial charge is 0.123 e. The second kappa shape index (κ2) is 5.73. The summed E-state index contributed by atoms with van der Waals surface area (Å²) in [5.41, 5.74) is 1.96. The van der Waals surface area contributed by atoms with E-state index in [0.717, 1.165) is 17.8 Å². The fraction of sp³-hybridized carbons (Fsp3) is 0.385. The molecule has 1 unspecified atom stereocenters. The van der Waals surface area contributed by atoms with Crippen LogP contribution >= 0.6 is 0 Å². The monoisotopic (exact) mass is 248 g/mol. The summed E-state index contributed by atoms with van der Waals surface area (Å²) >= 11 is 0. The third kappa shape index (κ3) is 2.92. The summed E-state index contributed by atoms with van der Waals surface area (Å²) < 4.78 is 14.9. The summed E-state index contributed by atoms with van der Waals surface area (Å²) in [5, 5.41) is 11.2. The fourth-order valence-corrected chi connectivity index (χ4v) is 2.04. The number of hydrogen-bond donors (Lipinski definition) is 1. The molecule has 0 aliphatic heterocycles. The van der Waals surface area contributed by atoms with Crippen LogP contribution in [0.1, 0.15) is 24.2 Å². The second-order valence-electron chi connectivity index (χ2n) is 4.23. The van der Waals surface area contributed by atoms with Crippen molar-refractivity contribution in [2.45, 2.75) is 19.4 Å². The van der Waals surface area contributed by atoms with E-state index in [0.29, 0.717) is 6.42 Å². The molecule has 1 aromatic heterocycles. The second-order valence-corrected chi connectivity index (χ2v) is 4.23. The lowest BCUT2D eigenvalue weighted by molar-refractivity contribution is 0.505. The number of halogens is 1. The van der Waals surface area contributed by atoms with Crippen LogP contribution in [0.4, 0.5) is 4.39 Å². The molecule has 1 aromatic carbocycles. The normalized spacial score (nSPS) is 12.6. The van der Waals surface area contributed by atoms with Crippen LogP contribution in [0.25, 0.3) is 0 Å². The van der Waals surface area contributed by atoms with Crippen molar-refractivity contribution >= 4 is 0 Å². The highest BCUT2D eigenvalue weighted by molar-refractivity contribution is 5.19. The minimum Gasteiger partial charge on any atom is -0.309 e. The molecule has 1 atom stereocenters. The minimum atomic E-state index is -0.203. The summed E-state index contributed by atoms with van der Waals surface area (Å²) in [5.74, 6) is -0.203. The average molecular weight is 248 g/mol. The first-order valence-corrected chi connectivity index (χ1v) is 6.03. The highest BCUT2D eigenvalue weighted by atomic mass is 19.1. The first-order chi connectivity index (χ1) is 8.70. The number of nitrogens with one attached hydrogen (secondary N) is 1. The number of benzene rings is 1. The minimum absolute atomic E-state index is 0.0943. The molecule has 1 heterocycles. The van der Waals surface area contributed by atoms with Crippen LogP contribution in [0.5, 0.6) is 0 Å². The Morgan fingerprint density at radius 1 is 1.44 bits per heavy atom. The van der Waals surface area contributed by atoms with Crippen molar-refractivity contribution in [3.05, 3.63) is 47.5 Å². The lowest BCUT2D eigenvalue weighted by Crippen LogP contribution is -2.25. The Morgan fingerprint density at radius 3 is 2.89 bits per heavy atom. The van der Waals surface area contributed by atoms with Gasteiger partial charge in [0.05, 0.1) is 17.9 Å². The van der Waals surface area contributed by atoms with Crippen molar-refractivity contribution in [3.63, 3.8) is 0 Å². The van der Waals surface area contributed by atoms with Crippen LogP contribution < -0.4 is 5.32 Å². The van der Waals surface area contributed by atoms with E-state index >= 15 is 0 Å². The number of rotatable bonds is 5. The lowest BCUT2D eigenvalue weighted by atomic mass is 10.0. The van der Waals surface area contributed by atoms with Crippen LogP contribution in [-0.4, -0.2) is 21.5 Å². The SMILES string of the molecule is CCNC(Cc1cccc(F)c1)c1cnnn1C. The maximum atomic E-state index is 13.2. The van der Waals surface area contributed by atoms with Crippen LogP contribution in [-0.2, 0) is 13.5 Å². The molecule has 0 fully saturated rings. The van der Waals surface area contributed by atoms with E-state index in [4.69, 9.17) is 0 Å². The Bertz CT molecular complexity index is 509. The first-order valence-electron chi connectivity index (χ1n) is 6.03. The Morgan fingerprint density at radius 2 is 2.28 bits per heavy atom. The number of aromatic nitrogens is 3. The topological polar surface area (TPSA) is 42.7 Å². The van der Waals surface area contributed by atoms with Crippen LogP contribution in [0.2, 0.25) is 0 Å². The van der Waals surface area contributed by atoms with Crippen LogP contribution in [0.3, 0.4) is 0 Å². The summed E-state index contributed by atoms with van der Waals surface area (Å²) in [7, 11) is 1.86. The van der Waals surface area contributed by atoms with Gasteiger partial charge >= 0.3 is 0 Å². The number of likely N-dealkylation sites (N-methyl/N-ethyl adjacent to an activating group) is 1. The number of hydrogen-bond acceptors (Lipinski definition) is 3. The van der Waals surface area contributed by atoms with Crippen LogP contribution in [0.15, 0.2) is 30.5 Å². The van der Waals surface area contributed by atoms with Crippen molar-refractivity contribution in [1.29, 1.82) is 0 Å². The molecule has 0 bridgehead atoms. The molecule has 4 nitrogen and oxygen atoms in total. The van der Waals surface area contributed by atoms with Gasteiger partial charge in [-0.05, 0) is 30.7 Å². The first kappa shape index (κ1) is 12.7. The van der Waals surface area contributed by atoms with Gasteiger partial charge in [0.1, 0.15) is 5.82 Å². The molecule has 18 heavy (non-hydrogen) atoms. The predicted octanol–water partition coefficient (Wildman–Crippen LogP) is 1.85. The van der Waals surface area contributed by atoms with E-state index in [2.05, 4.69) is 15.6 Å². The highest BCUT2D eigenvalue weighted by Crippen LogP contribution is 2.17. The molecule has 0 saturated carbocycles. The summed E-state index contributed by atoms with van der Waals surface area (Å²) in [4.78, 5) is 0. The van der Waals surface area contributed by atoms with Gasteiger partial charge in [0.25, 0.3) is 0 Å². The van der Waals surface area contributed by atoms with Crippen molar-refractivity contribution in [2.24, 2.45) is 7.05 Å². The third-order valence-corrected chi connectivity index (χ3v) is 2.89. The fourth-order valence-electron chi connectivity index (χ4n) is 2.04. The maximum absolute atomic E-state index is 13.2. The molecular weight excluding hydrogens is 231 g/mol. The van der Waals surface area contributed by atoms with E-state index in [1.54, 1.807) is 23.0 Å². The van der Waals surface area contributed by atoms with Crippen molar-refractivity contribution < 1.29 is 4.39 Å². The van der Waals surface area contributed by atoms with Gasteiger partial charge in [-0.15, -0.1) is 5.10 Å². The Kier molecular flexibility index (Phi) is 4.04. The van der Waals surface area contributed by atoms with E-state index in [1.807, 2.05) is 20.0 Å². The predicted molar refractivity (Wildman–Crippen MR) is 67.5 cm³/mol. The maximum Gasteiger partial charge on any atom is 0.123 e. The number of aryl methyl sites for hydroxylation is 1.